The zero-order valence-corrected chi connectivity index (χ0v) is 26.1. The number of aliphatic hydroxyl groups excluding tert-OH is 2. The molecule has 0 spiro atoms. The number of carbonyl (C=O) groups excluding carboxylic acids is 2. The number of phosphoric ester groups is 1. The highest BCUT2D eigenvalue weighted by molar-refractivity contribution is 7.47. The Hall–Kier alpha value is -1.82. The third-order valence-corrected chi connectivity index (χ3v) is 7.16. The second-order valence-corrected chi connectivity index (χ2v) is 11.7. The van der Waals surface area contributed by atoms with Crippen LogP contribution in [-0.4, -0.2) is 76.8 Å². The fraction of sp³-hybridized carbons (Fsp3) is 0.828. The highest BCUT2D eigenvalue weighted by atomic mass is 31.2. The number of esters is 2. The Kier molecular flexibility index (Phi) is 25.6. The summed E-state index contributed by atoms with van der Waals surface area (Å²) in [6, 6.07) is 0. The molecular weight excluding hydrogens is 571 g/mol. The van der Waals surface area contributed by atoms with E-state index in [1.807, 2.05) is 0 Å². The molecule has 0 aromatic carbocycles. The summed E-state index contributed by atoms with van der Waals surface area (Å²) >= 11 is 0. The molecule has 4 N–H and O–H groups in total. The molecule has 0 radical (unpaired) electrons. The number of hydrogen-bond donors (Lipinski definition) is 4. The molecule has 3 atom stereocenters. The van der Waals surface area contributed by atoms with Gasteiger partial charge in [0, 0.05) is 19.3 Å². The zero-order chi connectivity index (χ0) is 31.5. The molecule has 246 valence electrons. The third-order valence-electron chi connectivity index (χ3n) is 6.21. The number of phosphoric acid groups is 1. The van der Waals surface area contributed by atoms with Crippen LogP contribution in [0.3, 0.4) is 0 Å². The molecule has 0 fully saturated rings. The topological polar surface area (TPSA) is 186 Å². The van der Waals surface area contributed by atoms with E-state index < -0.39 is 64.4 Å². The molecule has 1 unspecified atom stereocenters. The minimum atomic E-state index is -4.67. The van der Waals surface area contributed by atoms with Crippen molar-refractivity contribution in [2.45, 2.75) is 128 Å². The molecule has 0 bridgehead atoms. The van der Waals surface area contributed by atoms with Crippen molar-refractivity contribution in [2.75, 3.05) is 26.4 Å². The van der Waals surface area contributed by atoms with Crippen LogP contribution in [0.4, 0.5) is 0 Å². The van der Waals surface area contributed by atoms with E-state index in [0.717, 1.165) is 38.5 Å². The number of unbranched alkanes of at least 4 members (excludes halogenated alkanes) is 11. The number of rotatable bonds is 29. The van der Waals surface area contributed by atoms with Gasteiger partial charge in [-0.15, -0.1) is 0 Å². The minimum Gasteiger partial charge on any atom is -0.481 e. The minimum absolute atomic E-state index is 0.0255. The Morgan fingerprint density at radius 3 is 1.88 bits per heavy atom. The van der Waals surface area contributed by atoms with Crippen LogP contribution in [0.25, 0.3) is 0 Å². The lowest BCUT2D eigenvalue weighted by Gasteiger charge is -2.20. The highest BCUT2D eigenvalue weighted by Gasteiger charge is 2.27. The van der Waals surface area contributed by atoms with Crippen LogP contribution in [0, 0.1) is 0 Å². The lowest BCUT2D eigenvalue weighted by atomic mass is 10.1. The first-order valence-electron chi connectivity index (χ1n) is 15.2. The SMILES string of the molecule is CCCCCCCC/C=C\CCCCCCCC(=O)OC[C@H](COP(=O)(O)OC[C@@H](O)CO)OC(=O)CCCC(=O)O. The number of ether oxygens (including phenoxy) is 2. The van der Waals surface area contributed by atoms with E-state index >= 15 is 0 Å². The molecule has 12 nitrogen and oxygen atoms in total. The van der Waals surface area contributed by atoms with Gasteiger partial charge in [-0.2, -0.15) is 0 Å². The van der Waals surface area contributed by atoms with Crippen molar-refractivity contribution in [3.05, 3.63) is 12.2 Å². The maximum atomic E-state index is 12.2. The summed E-state index contributed by atoms with van der Waals surface area (Å²) in [5, 5.41) is 26.7. The van der Waals surface area contributed by atoms with E-state index in [0.29, 0.717) is 6.42 Å². The van der Waals surface area contributed by atoms with E-state index in [4.69, 9.17) is 24.2 Å². The molecule has 0 aliphatic heterocycles. The Bertz CT molecular complexity index is 789. The Morgan fingerprint density at radius 2 is 1.29 bits per heavy atom. The average molecular weight is 625 g/mol. The quantitative estimate of drug-likeness (QED) is 0.0368. The van der Waals surface area contributed by atoms with Crippen LogP contribution < -0.4 is 0 Å². The summed E-state index contributed by atoms with van der Waals surface area (Å²) in [5.41, 5.74) is 0. The van der Waals surface area contributed by atoms with Gasteiger partial charge in [-0.25, -0.2) is 4.57 Å². The number of carboxylic acids is 1. The molecule has 0 aromatic heterocycles. The standard InChI is InChI=1S/C29H53O12P/c1-2-3-4-5-6-7-8-9-10-11-12-13-14-15-16-19-28(34)38-23-26(41-29(35)20-17-18-27(32)33)24-40-42(36,37)39-22-25(31)21-30/h9-10,25-26,30-31H,2-8,11-24H2,1H3,(H,32,33)(H,36,37)/b10-9-/t25-,26+/m0/s1. The van der Waals surface area contributed by atoms with Crippen molar-refractivity contribution in [3.8, 4) is 0 Å². The van der Waals surface area contributed by atoms with E-state index in [1.54, 1.807) is 0 Å². The van der Waals surface area contributed by atoms with Crippen molar-refractivity contribution >= 4 is 25.7 Å². The number of carbonyl (C=O) groups is 3. The van der Waals surface area contributed by atoms with Crippen LogP contribution in [0.1, 0.15) is 116 Å². The number of allylic oxidation sites excluding steroid dienone is 2. The first kappa shape index (κ1) is 40.2. The molecule has 0 saturated carbocycles. The summed E-state index contributed by atoms with van der Waals surface area (Å²) in [6.07, 6.45) is 16.3. The normalized spacial score (nSPS) is 14.4. The highest BCUT2D eigenvalue weighted by Crippen LogP contribution is 2.43. The van der Waals surface area contributed by atoms with Gasteiger partial charge in [-0.3, -0.25) is 23.4 Å². The van der Waals surface area contributed by atoms with Crippen LogP contribution >= 0.6 is 7.82 Å². The molecule has 0 aliphatic rings. The van der Waals surface area contributed by atoms with Crippen LogP contribution in [0.15, 0.2) is 12.2 Å². The smallest absolute Gasteiger partial charge is 0.472 e. The third kappa shape index (κ3) is 27.0. The maximum absolute atomic E-state index is 12.2. The summed E-state index contributed by atoms with van der Waals surface area (Å²) < 4.78 is 31.6. The molecule has 0 amide bonds. The molecular formula is C29H53O12P. The zero-order valence-electron chi connectivity index (χ0n) is 25.2. The van der Waals surface area contributed by atoms with Crippen molar-refractivity contribution in [1.29, 1.82) is 0 Å². The van der Waals surface area contributed by atoms with Gasteiger partial charge in [-0.05, 0) is 38.5 Å². The number of aliphatic hydroxyl groups is 2. The Morgan fingerprint density at radius 1 is 0.738 bits per heavy atom. The molecule has 42 heavy (non-hydrogen) atoms. The lowest BCUT2D eigenvalue weighted by Crippen LogP contribution is -2.30. The summed E-state index contributed by atoms with van der Waals surface area (Å²) in [4.78, 5) is 44.6. The van der Waals surface area contributed by atoms with Crippen LogP contribution in [0.2, 0.25) is 0 Å². The molecule has 0 saturated heterocycles. The van der Waals surface area contributed by atoms with E-state index in [1.165, 1.54) is 38.5 Å². The van der Waals surface area contributed by atoms with Crippen LogP contribution in [0.5, 0.6) is 0 Å². The fourth-order valence-corrected chi connectivity index (χ4v) is 4.58. The van der Waals surface area contributed by atoms with E-state index in [2.05, 4.69) is 23.6 Å². The van der Waals surface area contributed by atoms with Gasteiger partial charge in [-0.1, -0.05) is 70.4 Å². The average Bonchev–Trinajstić information content (AvgIpc) is 2.95. The monoisotopic (exact) mass is 624 g/mol. The van der Waals surface area contributed by atoms with Crippen molar-refractivity contribution in [2.24, 2.45) is 0 Å². The Labute approximate surface area is 250 Å². The molecule has 0 aromatic rings. The summed E-state index contributed by atoms with van der Waals surface area (Å²) in [6.45, 7) is -0.233. The lowest BCUT2D eigenvalue weighted by molar-refractivity contribution is -0.161. The largest absolute Gasteiger partial charge is 0.481 e. The van der Waals surface area contributed by atoms with Gasteiger partial charge < -0.3 is 29.7 Å². The van der Waals surface area contributed by atoms with Gasteiger partial charge in [0.15, 0.2) is 6.10 Å². The summed E-state index contributed by atoms with van der Waals surface area (Å²) in [7, 11) is -4.67. The second-order valence-electron chi connectivity index (χ2n) is 10.3. The van der Waals surface area contributed by atoms with Crippen LogP contribution in [-0.2, 0) is 37.5 Å². The molecule has 0 aliphatic carbocycles. The van der Waals surface area contributed by atoms with E-state index in [-0.39, 0.29) is 25.7 Å². The molecule has 0 rings (SSSR count). The first-order valence-corrected chi connectivity index (χ1v) is 16.7. The first-order chi connectivity index (χ1) is 20.1. The number of hydrogen-bond acceptors (Lipinski definition) is 10. The van der Waals surface area contributed by atoms with Gasteiger partial charge in [0.05, 0.1) is 19.8 Å². The predicted molar refractivity (Wildman–Crippen MR) is 157 cm³/mol. The van der Waals surface area contributed by atoms with Crippen molar-refractivity contribution in [3.63, 3.8) is 0 Å². The fourth-order valence-electron chi connectivity index (χ4n) is 3.79. The summed E-state index contributed by atoms with van der Waals surface area (Å²) in [5.74, 6) is -2.38. The molecule has 0 heterocycles. The maximum Gasteiger partial charge on any atom is 0.472 e. The van der Waals surface area contributed by atoms with Gasteiger partial charge >= 0.3 is 25.7 Å². The number of carboxylic acid groups (broad SMARTS) is 1. The Balaban J connectivity index is 4.27. The molecule has 13 heteroatoms. The van der Waals surface area contributed by atoms with Crippen molar-refractivity contribution in [1.82, 2.24) is 0 Å². The van der Waals surface area contributed by atoms with Gasteiger partial charge in [0.2, 0.25) is 0 Å². The predicted octanol–water partition coefficient (Wildman–Crippen LogP) is 5.22. The van der Waals surface area contributed by atoms with Gasteiger partial charge in [0.1, 0.15) is 12.7 Å². The van der Waals surface area contributed by atoms with Crippen molar-refractivity contribution < 1.29 is 57.7 Å². The number of aliphatic carboxylic acids is 1. The van der Waals surface area contributed by atoms with E-state index in [9.17, 15) is 28.9 Å². The van der Waals surface area contributed by atoms with Gasteiger partial charge in [0.25, 0.3) is 0 Å². The second kappa shape index (κ2) is 26.8.